The first-order valence-electron chi connectivity index (χ1n) is 11.3. The van der Waals surface area contributed by atoms with Crippen molar-refractivity contribution in [2.45, 2.75) is 32.1 Å². The number of aryl methyl sites for hydroxylation is 1. The van der Waals surface area contributed by atoms with Gasteiger partial charge in [-0.15, -0.1) is 0 Å². The first-order valence-corrected chi connectivity index (χ1v) is 12.3. The zero-order valence-corrected chi connectivity index (χ0v) is 19.1. The van der Waals surface area contributed by atoms with Gasteiger partial charge in [0.2, 0.25) is 0 Å². The SMILES string of the molecule is CCN1CC(CCc2cc(F)ccc2N(c2ccc3c(c2C(=O)O)OCC2CC32)S(=O)[O-])C1. The van der Waals surface area contributed by atoms with Crippen LogP contribution in [-0.4, -0.2) is 51.0 Å². The quantitative estimate of drug-likeness (QED) is 0.586. The van der Waals surface area contributed by atoms with E-state index in [0.29, 0.717) is 30.4 Å². The van der Waals surface area contributed by atoms with Gasteiger partial charge in [-0.1, -0.05) is 13.0 Å². The highest BCUT2D eigenvalue weighted by Crippen LogP contribution is 2.56. The number of hydrogen-bond donors (Lipinski definition) is 1. The van der Waals surface area contributed by atoms with E-state index in [1.807, 2.05) is 0 Å². The molecule has 0 aromatic heterocycles. The maximum Gasteiger partial charge on any atom is 0.341 e. The molecular weight excluding hydrogens is 447 g/mol. The van der Waals surface area contributed by atoms with Crippen LogP contribution in [0.25, 0.3) is 0 Å². The molecule has 0 radical (unpaired) electrons. The average Bonchev–Trinajstić information content (AvgIpc) is 3.54. The highest BCUT2D eigenvalue weighted by atomic mass is 32.2. The van der Waals surface area contributed by atoms with Crippen LogP contribution in [0.2, 0.25) is 0 Å². The summed E-state index contributed by atoms with van der Waals surface area (Å²) in [5.41, 5.74) is 1.44. The summed E-state index contributed by atoms with van der Waals surface area (Å²) >= 11 is -2.82. The Morgan fingerprint density at radius 2 is 2.06 bits per heavy atom. The third-order valence-corrected chi connectivity index (χ3v) is 7.77. The van der Waals surface area contributed by atoms with Gasteiger partial charge in [0.25, 0.3) is 0 Å². The fourth-order valence-corrected chi connectivity index (χ4v) is 5.79. The van der Waals surface area contributed by atoms with Gasteiger partial charge in [0, 0.05) is 19.0 Å². The van der Waals surface area contributed by atoms with Gasteiger partial charge in [0.1, 0.15) is 17.1 Å². The number of likely N-dealkylation sites (tertiary alicyclic amines) is 1. The third kappa shape index (κ3) is 4.13. The maximum atomic E-state index is 14.1. The minimum Gasteiger partial charge on any atom is -0.755 e. The molecule has 2 aromatic carbocycles. The standard InChI is InChI=1S/C24H27FN2O5S/c1-2-26-11-14(12-26)3-4-15-9-17(25)5-7-20(15)27(33(30)31)21-8-6-18-19-10-16(19)13-32-23(18)22(21)24(28)29/h5-9,14,16,19H,2-4,10-13H2,1H3,(H,28,29)(H,30,31)/p-1. The lowest BCUT2D eigenvalue weighted by Crippen LogP contribution is -2.46. The van der Waals surface area contributed by atoms with Gasteiger partial charge >= 0.3 is 5.97 Å². The molecule has 7 nitrogen and oxygen atoms in total. The predicted molar refractivity (Wildman–Crippen MR) is 121 cm³/mol. The number of halogens is 1. The van der Waals surface area contributed by atoms with Crippen LogP contribution in [-0.2, 0) is 17.7 Å². The van der Waals surface area contributed by atoms with E-state index in [1.54, 1.807) is 6.07 Å². The Morgan fingerprint density at radius 1 is 1.30 bits per heavy atom. The molecule has 176 valence electrons. The lowest BCUT2D eigenvalue weighted by molar-refractivity contribution is 0.0692. The molecule has 0 amide bonds. The van der Waals surface area contributed by atoms with Gasteiger partial charge in [-0.3, -0.25) is 8.51 Å². The molecule has 2 heterocycles. The summed E-state index contributed by atoms with van der Waals surface area (Å²) in [6, 6.07) is 7.24. The van der Waals surface area contributed by atoms with Gasteiger partial charge in [-0.25, -0.2) is 9.18 Å². The van der Waals surface area contributed by atoms with Crippen molar-refractivity contribution in [2.75, 3.05) is 30.5 Å². The molecule has 3 unspecified atom stereocenters. The van der Waals surface area contributed by atoms with Crippen LogP contribution in [0, 0.1) is 17.7 Å². The number of carboxylic acids is 1. The molecule has 5 rings (SSSR count). The summed E-state index contributed by atoms with van der Waals surface area (Å²) in [5, 5.41) is 10.0. The Balaban J connectivity index is 1.52. The first-order chi connectivity index (χ1) is 15.9. The summed E-state index contributed by atoms with van der Waals surface area (Å²) < 4.78 is 45.7. The number of benzene rings is 2. The molecule has 33 heavy (non-hydrogen) atoms. The van der Waals surface area contributed by atoms with E-state index in [9.17, 15) is 23.1 Å². The summed E-state index contributed by atoms with van der Waals surface area (Å²) in [6.45, 7) is 5.48. The summed E-state index contributed by atoms with van der Waals surface area (Å²) in [7, 11) is 0. The zero-order valence-electron chi connectivity index (χ0n) is 18.3. The molecule has 1 N–H and O–H groups in total. The van der Waals surface area contributed by atoms with Crippen molar-refractivity contribution in [1.29, 1.82) is 0 Å². The van der Waals surface area contributed by atoms with E-state index in [4.69, 9.17) is 4.74 Å². The number of anilines is 2. The monoisotopic (exact) mass is 473 g/mol. The molecule has 2 fully saturated rings. The maximum absolute atomic E-state index is 14.1. The topological polar surface area (TPSA) is 93.1 Å². The summed E-state index contributed by atoms with van der Waals surface area (Å²) in [4.78, 5) is 14.6. The highest BCUT2D eigenvalue weighted by molar-refractivity contribution is 7.81. The number of fused-ring (bicyclic) bond motifs is 3. The fraction of sp³-hybridized carbons (Fsp3) is 0.458. The minimum absolute atomic E-state index is 0.00217. The number of carbonyl (C=O) groups is 1. The third-order valence-electron chi connectivity index (χ3n) is 7.07. The fourth-order valence-electron chi connectivity index (χ4n) is 5.13. The van der Waals surface area contributed by atoms with Crippen molar-refractivity contribution in [1.82, 2.24) is 4.90 Å². The van der Waals surface area contributed by atoms with E-state index < -0.39 is 23.1 Å². The van der Waals surface area contributed by atoms with Gasteiger partial charge in [0.15, 0.2) is 0 Å². The minimum atomic E-state index is -2.82. The van der Waals surface area contributed by atoms with Crippen LogP contribution >= 0.6 is 0 Å². The molecule has 3 atom stereocenters. The van der Waals surface area contributed by atoms with E-state index in [2.05, 4.69) is 11.8 Å². The average molecular weight is 474 g/mol. The second-order valence-corrected chi connectivity index (χ2v) is 9.94. The molecular formula is C24H26FN2O5S-. The van der Waals surface area contributed by atoms with Gasteiger partial charge in [-0.2, -0.15) is 0 Å². The Morgan fingerprint density at radius 3 is 2.76 bits per heavy atom. The van der Waals surface area contributed by atoms with Gasteiger partial charge in [0.05, 0.1) is 29.2 Å². The smallest absolute Gasteiger partial charge is 0.341 e. The Hall–Kier alpha value is -2.49. The highest BCUT2D eigenvalue weighted by Gasteiger charge is 2.45. The molecule has 0 spiro atoms. The lowest BCUT2D eigenvalue weighted by Gasteiger charge is -2.39. The zero-order chi connectivity index (χ0) is 23.3. The van der Waals surface area contributed by atoms with Crippen LogP contribution in [0.15, 0.2) is 30.3 Å². The van der Waals surface area contributed by atoms with Crippen LogP contribution in [0.1, 0.15) is 47.2 Å². The van der Waals surface area contributed by atoms with Crippen molar-refractivity contribution in [2.24, 2.45) is 11.8 Å². The van der Waals surface area contributed by atoms with Crippen LogP contribution in [0.3, 0.4) is 0 Å². The Bertz CT molecular complexity index is 1120. The number of ether oxygens (including phenoxy) is 1. The van der Waals surface area contributed by atoms with Gasteiger partial charge < -0.3 is 19.3 Å². The second kappa shape index (κ2) is 8.70. The van der Waals surface area contributed by atoms with E-state index >= 15 is 0 Å². The Labute approximate surface area is 194 Å². The number of hydrogen-bond acceptors (Lipinski definition) is 5. The van der Waals surface area contributed by atoms with Crippen molar-refractivity contribution < 1.29 is 27.8 Å². The largest absolute Gasteiger partial charge is 0.755 e. The Kier molecular flexibility index (Phi) is 5.88. The molecule has 1 saturated carbocycles. The van der Waals surface area contributed by atoms with Crippen LogP contribution < -0.4 is 9.04 Å². The molecule has 1 saturated heterocycles. The van der Waals surface area contributed by atoms with E-state index in [1.165, 1.54) is 24.3 Å². The molecule has 0 bridgehead atoms. The van der Waals surface area contributed by atoms with Crippen molar-refractivity contribution in [3.05, 3.63) is 52.8 Å². The van der Waals surface area contributed by atoms with Crippen molar-refractivity contribution >= 4 is 28.6 Å². The van der Waals surface area contributed by atoms with Crippen LogP contribution in [0.5, 0.6) is 5.75 Å². The van der Waals surface area contributed by atoms with Crippen LogP contribution in [0.4, 0.5) is 15.8 Å². The number of rotatable bonds is 8. The molecule has 3 aliphatic rings. The van der Waals surface area contributed by atoms with Crippen molar-refractivity contribution in [3.63, 3.8) is 0 Å². The molecule has 2 aromatic rings. The molecule has 1 aliphatic carbocycles. The summed E-state index contributed by atoms with van der Waals surface area (Å²) in [6.07, 6.45) is 2.24. The number of carboxylic acid groups (broad SMARTS) is 1. The first kappa shape index (κ1) is 22.3. The lowest BCUT2D eigenvalue weighted by atomic mass is 9.92. The second-order valence-electron chi connectivity index (χ2n) is 9.14. The van der Waals surface area contributed by atoms with Gasteiger partial charge in [-0.05, 0) is 73.0 Å². The normalized spacial score (nSPS) is 22.5. The predicted octanol–water partition coefficient (Wildman–Crippen LogP) is 3.84. The number of aromatic carboxylic acids is 1. The summed E-state index contributed by atoms with van der Waals surface area (Å²) in [5.74, 6) is -0.333. The molecule has 2 aliphatic heterocycles. The van der Waals surface area contributed by atoms with E-state index in [0.717, 1.165) is 42.3 Å². The van der Waals surface area contributed by atoms with E-state index in [-0.39, 0.29) is 28.6 Å². The number of nitrogens with zero attached hydrogens (tertiary/aromatic N) is 2. The van der Waals surface area contributed by atoms with Crippen molar-refractivity contribution in [3.8, 4) is 5.75 Å². The molecule has 9 heteroatoms.